The number of H-pyrrole nitrogens is 1. The van der Waals surface area contributed by atoms with Crippen molar-refractivity contribution in [3.63, 3.8) is 0 Å². The van der Waals surface area contributed by atoms with Gasteiger partial charge in [0.2, 0.25) is 0 Å². The van der Waals surface area contributed by atoms with Gasteiger partial charge in [-0.25, -0.2) is 0 Å². The van der Waals surface area contributed by atoms with Crippen LogP contribution in [0.2, 0.25) is 0 Å². The molecule has 0 bridgehead atoms. The minimum absolute atomic E-state index is 0.321. The van der Waals surface area contributed by atoms with E-state index in [1.807, 2.05) is 12.3 Å². The van der Waals surface area contributed by atoms with Crippen LogP contribution >= 0.6 is 15.9 Å². The molecule has 0 aliphatic carbocycles. The molecule has 1 aliphatic rings. The number of aromatic amines is 1. The maximum absolute atomic E-state index is 11.7. The fraction of sp³-hybridized carbons (Fsp3) is 0.471. The number of rotatable bonds is 4. The van der Waals surface area contributed by atoms with Crippen LogP contribution in [0.15, 0.2) is 28.9 Å². The van der Waals surface area contributed by atoms with Crippen LogP contribution in [0.25, 0.3) is 10.9 Å². The van der Waals surface area contributed by atoms with E-state index in [1.165, 1.54) is 18.1 Å². The van der Waals surface area contributed by atoms with Crippen molar-refractivity contribution in [2.75, 3.05) is 26.7 Å². The Morgan fingerprint density at radius 2 is 2.35 bits per heavy atom. The summed E-state index contributed by atoms with van der Waals surface area (Å²) >= 11 is 3.51. The number of benzene rings is 1. The smallest absolute Gasteiger partial charge is 0.312 e. The Hall–Kier alpha value is -1.37. The van der Waals surface area contributed by atoms with Crippen molar-refractivity contribution in [2.45, 2.75) is 18.9 Å². The first-order valence-electron chi connectivity index (χ1n) is 7.82. The largest absolute Gasteiger partial charge is 0.469 e. The topological polar surface area (TPSA) is 65.6 Å². The lowest BCUT2D eigenvalue weighted by molar-refractivity contribution is -0.152. The number of nitrogens with zero attached hydrogens (tertiary/aromatic N) is 1. The third-order valence-electron chi connectivity index (χ3n) is 4.59. The molecule has 3 rings (SSSR count). The molecule has 0 unspecified atom stereocenters. The van der Waals surface area contributed by atoms with Crippen molar-refractivity contribution < 1.29 is 14.6 Å². The summed E-state index contributed by atoms with van der Waals surface area (Å²) in [6.07, 6.45) is 2.97. The highest BCUT2D eigenvalue weighted by Crippen LogP contribution is 2.24. The summed E-state index contributed by atoms with van der Waals surface area (Å²) in [6.45, 7) is 2.22. The lowest BCUT2D eigenvalue weighted by Crippen LogP contribution is -2.47. The van der Waals surface area contributed by atoms with E-state index in [0.29, 0.717) is 13.0 Å². The fourth-order valence-corrected chi connectivity index (χ4v) is 3.59. The number of carbonyl (C=O) groups is 1. The first-order valence-corrected chi connectivity index (χ1v) is 8.61. The van der Waals surface area contributed by atoms with Crippen molar-refractivity contribution in [3.8, 4) is 0 Å². The Morgan fingerprint density at radius 3 is 3.13 bits per heavy atom. The average Bonchev–Trinajstić information content (AvgIpc) is 2.95. The predicted octanol–water partition coefficient (Wildman–Crippen LogP) is 2.33. The molecular weight excluding hydrogens is 360 g/mol. The van der Waals surface area contributed by atoms with Crippen molar-refractivity contribution in [3.05, 3.63) is 34.4 Å². The van der Waals surface area contributed by atoms with Crippen LogP contribution < -0.4 is 0 Å². The van der Waals surface area contributed by atoms with Crippen molar-refractivity contribution in [2.24, 2.45) is 5.92 Å². The van der Waals surface area contributed by atoms with Gasteiger partial charge in [-0.3, -0.25) is 4.79 Å². The Morgan fingerprint density at radius 1 is 1.52 bits per heavy atom. The van der Waals surface area contributed by atoms with Crippen LogP contribution in [-0.2, 0) is 16.0 Å². The fourth-order valence-electron chi connectivity index (χ4n) is 3.23. The molecule has 0 amide bonds. The minimum atomic E-state index is -0.595. The van der Waals surface area contributed by atoms with Crippen molar-refractivity contribution >= 4 is 32.8 Å². The minimum Gasteiger partial charge on any atom is -0.469 e. The predicted molar refractivity (Wildman–Crippen MR) is 92.3 cm³/mol. The van der Waals surface area contributed by atoms with Gasteiger partial charge in [0.05, 0.1) is 19.1 Å². The Kier molecular flexibility index (Phi) is 5.04. The molecule has 23 heavy (non-hydrogen) atoms. The second kappa shape index (κ2) is 7.03. The number of hydrogen-bond donors (Lipinski definition) is 2. The Bertz CT molecular complexity index is 700. The molecule has 1 saturated heterocycles. The molecule has 2 aromatic rings. The number of halogens is 1. The highest BCUT2D eigenvalue weighted by Gasteiger charge is 2.33. The summed E-state index contributed by atoms with van der Waals surface area (Å²) < 4.78 is 5.86. The highest BCUT2D eigenvalue weighted by molar-refractivity contribution is 9.10. The molecule has 0 radical (unpaired) electrons. The summed E-state index contributed by atoms with van der Waals surface area (Å²) in [4.78, 5) is 17.3. The van der Waals surface area contributed by atoms with E-state index in [2.05, 4.69) is 37.9 Å². The van der Waals surface area contributed by atoms with Gasteiger partial charge in [0.25, 0.3) is 0 Å². The molecule has 2 N–H and O–H groups in total. The summed E-state index contributed by atoms with van der Waals surface area (Å²) in [5, 5.41) is 11.2. The third kappa shape index (κ3) is 3.59. The quantitative estimate of drug-likeness (QED) is 0.798. The molecule has 1 aromatic heterocycles. The number of likely N-dealkylation sites (tertiary alicyclic amines) is 1. The molecule has 124 valence electrons. The van der Waals surface area contributed by atoms with E-state index < -0.39 is 12.0 Å². The second-order valence-electron chi connectivity index (χ2n) is 6.04. The number of nitrogens with one attached hydrogen (secondary N) is 1. The molecular formula is C17H21BrN2O3. The first-order chi connectivity index (χ1) is 11.1. The van der Waals surface area contributed by atoms with E-state index in [-0.39, 0.29) is 5.97 Å². The van der Waals surface area contributed by atoms with Crippen LogP contribution in [0.4, 0.5) is 0 Å². The second-order valence-corrected chi connectivity index (χ2v) is 6.96. The maximum atomic E-state index is 11.7. The van der Waals surface area contributed by atoms with E-state index in [1.54, 1.807) is 0 Å². The number of aliphatic hydroxyl groups is 1. The monoisotopic (exact) mass is 380 g/mol. The molecule has 2 heterocycles. The molecule has 0 saturated carbocycles. The molecule has 6 heteroatoms. The van der Waals surface area contributed by atoms with Crippen LogP contribution in [-0.4, -0.2) is 53.8 Å². The zero-order chi connectivity index (χ0) is 16.4. The lowest BCUT2D eigenvalue weighted by atomic mass is 9.94. The molecule has 1 aromatic carbocycles. The summed E-state index contributed by atoms with van der Waals surface area (Å²) in [5.74, 6) is -0.760. The van der Waals surface area contributed by atoms with E-state index in [0.717, 1.165) is 29.5 Å². The van der Waals surface area contributed by atoms with Crippen molar-refractivity contribution in [1.82, 2.24) is 9.88 Å². The number of aromatic nitrogens is 1. The van der Waals surface area contributed by atoms with E-state index >= 15 is 0 Å². The molecule has 2 atom stereocenters. The van der Waals surface area contributed by atoms with Gasteiger partial charge in [0.15, 0.2) is 0 Å². The molecule has 5 nitrogen and oxygen atoms in total. The summed E-state index contributed by atoms with van der Waals surface area (Å²) in [6, 6.07) is 6.21. The number of piperidine rings is 1. The van der Waals surface area contributed by atoms with E-state index in [9.17, 15) is 9.90 Å². The van der Waals surface area contributed by atoms with Gasteiger partial charge < -0.3 is 19.7 Å². The number of ether oxygens (including phenoxy) is 1. The third-order valence-corrected chi connectivity index (χ3v) is 5.08. The number of hydrogen-bond acceptors (Lipinski definition) is 4. The average molecular weight is 381 g/mol. The number of esters is 1. The normalized spacial score (nSPS) is 22.4. The molecule has 0 spiro atoms. The van der Waals surface area contributed by atoms with E-state index in [4.69, 9.17) is 4.74 Å². The number of aliphatic hydroxyl groups excluding tert-OH is 1. The number of fused-ring (bicyclic) bond motifs is 1. The van der Waals surface area contributed by atoms with Gasteiger partial charge in [-0.05, 0) is 36.6 Å². The van der Waals surface area contributed by atoms with Gasteiger partial charge >= 0.3 is 5.97 Å². The number of methoxy groups -OCH3 is 1. The standard InChI is InChI=1S/C17H21BrN2O3/c1-23-17(22)14-10-20(7-5-16(14)21)6-4-11-9-19-15-3-2-12(18)8-13(11)15/h2-3,8-9,14,16,19,21H,4-7,10H2,1H3/t14-,16-/m1/s1. The maximum Gasteiger partial charge on any atom is 0.312 e. The van der Waals surface area contributed by atoms with Gasteiger partial charge in [-0.2, -0.15) is 0 Å². The van der Waals surface area contributed by atoms with Gasteiger partial charge in [-0.1, -0.05) is 15.9 Å². The first kappa shape index (κ1) is 16.5. The van der Waals surface area contributed by atoms with Crippen LogP contribution in [0, 0.1) is 5.92 Å². The molecule has 1 fully saturated rings. The zero-order valence-electron chi connectivity index (χ0n) is 13.1. The summed E-state index contributed by atoms with van der Waals surface area (Å²) in [5.41, 5.74) is 2.40. The zero-order valence-corrected chi connectivity index (χ0v) is 14.7. The van der Waals surface area contributed by atoms with Gasteiger partial charge in [-0.15, -0.1) is 0 Å². The Labute approximate surface area is 143 Å². The van der Waals surface area contributed by atoms with Crippen LogP contribution in [0.5, 0.6) is 0 Å². The van der Waals surface area contributed by atoms with Crippen LogP contribution in [0.1, 0.15) is 12.0 Å². The lowest BCUT2D eigenvalue weighted by Gasteiger charge is -2.34. The number of carbonyl (C=O) groups excluding carboxylic acids is 1. The SMILES string of the molecule is COC(=O)[C@@H]1CN(CCc2c[nH]c3ccc(Br)cc23)CC[C@H]1O. The van der Waals surface area contributed by atoms with Gasteiger partial charge in [0.1, 0.15) is 0 Å². The Balaban J connectivity index is 1.65. The molecule has 1 aliphatic heterocycles. The van der Waals surface area contributed by atoms with Gasteiger partial charge in [0, 0.05) is 41.2 Å². The van der Waals surface area contributed by atoms with Crippen molar-refractivity contribution in [1.29, 1.82) is 0 Å². The van der Waals surface area contributed by atoms with Crippen LogP contribution in [0.3, 0.4) is 0 Å². The summed E-state index contributed by atoms with van der Waals surface area (Å²) in [7, 11) is 1.37. The highest BCUT2D eigenvalue weighted by atomic mass is 79.9.